The third-order valence-corrected chi connectivity index (χ3v) is 2.78. The van der Waals surface area contributed by atoms with Crippen molar-refractivity contribution in [1.82, 2.24) is 4.98 Å². The van der Waals surface area contributed by atoms with Crippen LogP contribution >= 0.6 is 15.9 Å². The normalized spacial score (nSPS) is 10.1. The Morgan fingerprint density at radius 3 is 2.69 bits per heavy atom. The zero-order valence-corrected chi connectivity index (χ0v) is 10.6. The van der Waals surface area contributed by atoms with Crippen LogP contribution in [0.1, 0.15) is 11.3 Å². The Labute approximate surface area is 103 Å². The fourth-order valence-electron chi connectivity index (χ4n) is 1.59. The zero-order chi connectivity index (χ0) is 11.4. The first-order valence-corrected chi connectivity index (χ1v) is 5.82. The van der Waals surface area contributed by atoms with Crippen molar-refractivity contribution in [2.75, 3.05) is 7.11 Å². The molecule has 0 bridgehead atoms. The summed E-state index contributed by atoms with van der Waals surface area (Å²) in [5.41, 5.74) is 2.18. The number of benzene rings is 1. The fraction of sp³-hybridized carbons (Fsp3) is 0.154. The van der Waals surface area contributed by atoms with Gasteiger partial charge < -0.3 is 4.74 Å². The van der Waals surface area contributed by atoms with Crippen LogP contribution in [0.3, 0.4) is 0 Å². The van der Waals surface area contributed by atoms with Crippen LogP contribution in [-0.2, 0) is 6.42 Å². The van der Waals surface area contributed by atoms with Crippen molar-refractivity contribution in [2.24, 2.45) is 0 Å². The number of ether oxygens (including phenoxy) is 1. The molecule has 0 radical (unpaired) electrons. The second kappa shape index (κ2) is 5.12. The largest absolute Gasteiger partial charge is 0.496 e. The van der Waals surface area contributed by atoms with E-state index in [4.69, 9.17) is 4.74 Å². The third kappa shape index (κ3) is 2.61. The minimum atomic E-state index is 0.781. The number of halogens is 1. The monoisotopic (exact) mass is 277 g/mol. The van der Waals surface area contributed by atoms with Gasteiger partial charge in [-0.25, -0.2) is 4.98 Å². The van der Waals surface area contributed by atoms with Gasteiger partial charge in [-0.05, 0) is 34.1 Å². The molecule has 1 aromatic carbocycles. The lowest BCUT2D eigenvalue weighted by molar-refractivity contribution is 0.410. The van der Waals surface area contributed by atoms with Gasteiger partial charge in [0, 0.05) is 17.7 Å². The van der Waals surface area contributed by atoms with Crippen molar-refractivity contribution in [3.05, 3.63) is 58.3 Å². The van der Waals surface area contributed by atoms with E-state index in [1.807, 2.05) is 36.4 Å². The van der Waals surface area contributed by atoms with Crippen molar-refractivity contribution in [3.8, 4) is 5.75 Å². The molecule has 0 spiro atoms. The van der Waals surface area contributed by atoms with Gasteiger partial charge in [-0.3, -0.25) is 0 Å². The number of nitrogens with zero attached hydrogens (tertiary/aromatic N) is 1. The first-order valence-electron chi connectivity index (χ1n) is 5.03. The molecule has 16 heavy (non-hydrogen) atoms. The Morgan fingerprint density at radius 2 is 1.94 bits per heavy atom. The van der Waals surface area contributed by atoms with Crippen LogP contribution in [0.2, 0.25) is 0 Å². The van der Waals surface area contributed by atoms with Crippen LogP contribution in [0.5, 0.6) is 5.75 Å². The summed E-state index contributed by atoms with van der Waals surface area (Å²) in [7, 11) is 1.69. The molecule has 0 saturated heterocycles. The Morgan fingerprint density at radius 1 is 1.12 bits per heavy atom. The molecule has 0 atom stereocenters. The smallest absolute Gasteiger partial charge is 0.122 e. The summed E-state index contributed by atoms with van der Waals surface area (Å²) in [6.45, 7) is 0. The second-order valence-corrected chi connectivity index (χ2v) is 4.25. The molecule has 2 rings (SSSR count). The highest BCUT2D eigenvalue weighted by atomic mass is 79.9. The van der Waals surface area contributed by atoms with Crippen molar-refractivity contribution < 1.29 is 4.74 Å². The standard InChI is InChI=1S/C13H12BrNO/c1-16-12-7-3-2-5-10(12)9-11-6-4-8-13(14)15-11/h2-8H,9H2,1H3. The summed E-state index contributed by atoms with van der Waals surface area (Å²) >= 11 is 3.37. The van der Waals surface area contributed by atoms with Crippen LogP contribution < -0.4 is 4.74 Å². The van der Waals surface area contributed by atoms with Crippen LogP contribution in [0.25, 0.3) is 0 Å². The summed E-state index contributed by atoms with van der Waals surface area (Å²) in [6, 6.07) is 13.9. The quantitative estimate of drug-likeness (QED) is 0.802. The maximum Gasteiger partial charge on any atom is 0.122 e. The van der Waals surface area contributed by atoms with E-state index >= 15 is 0 Å². The number of hydrogen-bond acceptors (Lipinski definition) is 2. The minimum absolute atomic E-state index is 0.781. The highest BCUT2D eigenvalue weighted by Crippen LogP contribution is 2.20. The summed E-state index contributed by atoms with van der Waals surface area (Å²) in [5.74, 6) is 0.907. The molecular weight excluding hydrogens is 266 g/mol. The highest BCUT2D eigenvalue weighted by molar-refractivity contribution is 9.10. The molecule has 0 aliphatic heterocycles. The predicted molar refractivity (Wildman–Crippen MR) is 67.7 cm³/mol. The van der Waals surface area contributed by atoms with E-state index in [1.54, 1.807) is 7.11 Å². The molecule has 0 amide bonds. The number of pyridine rings is 1. The first-order chi connectivity index (χ1) is 7.79. The maximum absolute atomic E-state index is 5.31. The summed E-state index contributed by atoms with van der Waals surface area (Å²) in [6.07, 6.45) is 0.781. The van der Waals surface area contributed by atoms with Gasteiger partial charge in [0.2, 0.25) is 0 Å². The topological polar surface area (TPSA) is 22.1 Å². The van der Waals surface area contributed by atoms with Crippen molar-refractivity contribution in [3.63, 3.8) is 0 Å². The molecule has 2 aromatic rings. The van der Waals surface area contributed by atoms with Crippen LogP contribution in [0, 0.1) is 0 Å². The first kappa shape index (κ1) is 11.1. The van der Waals surface area contributed by atoms with E-state index in [1.165, 1.54) is 0 Å². The highest BCUT2D eigenvalue weighted by Gasteiger charge is 2.03. The number of aromatic nitrogens is 1. The van der Waals surface area contributed by atoms with Crippen molar-refractivity contribution in [1.29, 1.82) is 0 Å². The number of para-hydroxylation sites is 1. The van der Waals surface area contributed by atoms with E-state index in [0.29, 0.717) is 0 Å². The van der Waals surface area contributed by atoms with Crippen LogP contribution in [0.15, 0.2) is 47.1 Å². The molecule has 0 saturated carbocycles. The van der Waals surface area contributed by atoms with Gasteiger partial charge in [-0.1, -0.05) is 24.3 Å². The Balaban J connectivity index is 2.26. The zero-order valence-electron chi connectivity index (χ0n) is 8.98. The molecule has 0 N–H and O–H groups in total. The van der Waals surface area contributed by atoms with Gasteiger partial charge in [0.25, 0.3) is 0 Å². The van der Waals surface area contributed by atoms with E-state index in [0.717, 1.165) is 28.0 Å². The fourth-order valence-corrected chi connectivity index (χ4v) is 1.97. The van der Waals surface area contributed by atoms with Crippen LogP contribution in [0.4, 0.5) is 0 Å². The Hall–Kier alpha value is -1.35. The Kier molecular flexibility index (Phi) is 3.57. The molecular formula is C13H12BrNO. The molecule has 82 valence electrons. The molecule has 2 nitrogen and oxygen atoms in total. The van der Waals surface area contributed by atoms with E-state index < -0.39 is 0 Å². The number of methoxy groups -OCH3 is 1. The molecule has 0 unspecified atom stereocenters. The average Bonchev–Trinajstić information content (AvgIpc) is 2.30. The van der Waals surface area contributed by atoms with E-state index in [-0.39, 0.29) is 0 Å². The average molecular weight is 278 g/mol. The van der Waals surface area contributed by atoms with Gasteiger partial charge in [0.15, 0.2) is 0 Å². The predicted octanol–water partition coefficient (Wildman–Crippen LogP) is 3.44. The SMILES string of the molecule is COc1ccccc1Cc1cccc(Br)n1. The summed E-state index contributed by atoms with van der Waals surface area (Å²) in [5, 5.41) is 0. The Bertz CT molecular complexity index is 485. The lowest BCUT2D eigenvalue weighted by atomic mass is 10.1. The number of hydrogen-bond donors (Lipinski definition) is 0. The lowest BCUT2D eigenvalue weighted by Crippen LogP contribution is -1.95. The van der Waals surface area contributed by atoms with Gasteiger partial charge in [0.05, 0.1) is 7.11 Å². The second-order valence-electron chi connectivity index (χ2n) is 3.44. The third-order valence-electron chi connectivity index (χ3n) is 2.34. The molecule has 0 aliphatic rings. The molecule has 0 fully saturated rings. The minimum Gasteiger partial charge on any atom is -0.496 e. The molecule has 1 heterocycles. The van der Waals surface area contributed by atoms with Crippen LogP contribution in [-0.4, -0.2) is 12.1 Å². The van der Waals surface area contributed by atoms with Gasteiger partial charge in [-0.15, -0.1) is 0 Å². The maximum atomic E-state index is 5.31. The lowest BCUT2D eigenvalue weighted by Gasteiger charge is -2.07. The van der Waals surface area contributed by atoms with Crippen molar-refractivity contribution in [2.45, 2.75) is 6.42 Å². The molecule has 1 aromatic heterocycles. The van der Waals surface area contributed by atoms with Gasteiger partial charge >= 0.3 is 0 Å². The van der Waals surface area contributed by atoms with E-state index in [2.05, 4.69) is 27.0 Å². The summed E-state index contributed by atoms with van der Waals surface area (Å²) in [4.78, 5) is 4.40. The number of rotatable bonds is 3. The van der Waals surface area contributed by atoms with Gasteiger partial charge in [0.1, 0.15) is 10.4 Å². The molecule has 0 aliphatic carbocycles. The summed E-state index contributed by atoms with van der Waals surface area (Å²) < 4.78 is 6.17. The molecule has 3 heteroatoms. The van der Waals surface area contributed by atoms with E-state index in [9.17, 15) is 0 Å². The van der Waals surface area contributed by atoms with Crippen molar-refractivity contribution >= 4 is 15.9 Å². The van der Waals surface area contributed by atoms with Gasteiger partial charge in [-0.2, -0.15) is 0 Å².